The number of ether oxygens (including phenoxy) is 2. The molecule has 0 atom stereocenters. The van der Waals surface area contributed by atoms with Gasteiger partial charge in [0.25, 0.3) is 5.22 Å². The minimum atomic E-state index is -1.15. The summed E-state index contributed by atoms with van der Waals surface area (Å²) in [5, 5.41) is 19.2. The van der Waals surface area contributed by atoms with Crippen molar-refractivity contribution in [2.75, 3.05) is 13.2 Å². The van der Waals surface area contributed by atoms with Gasteiger partial charge in [0.05, 0.1) is 6.61 Å². The zero-order valence-electron chi connectivity index (χ0n) is 16.5. The van der Waals surface area contributed by atoms with E-state index in [1.165, 1.54) is 6.08 Å². The molecule has 3 rings (SSSR count). The quantitative estimate of drug-likeness (QED) is 0.307. The summed E-state index contributed by atoms with van der Waals surface area (Å²) in [6, 6.07) is 11.0. The van der Waals surface area contributed by atoms with Gasteiger partial charge in [-0.15, -0.1) is 10.2 Å². The number of fused-ring (bicyclic) bond motifs is 1. The minimum absolute atomic E-state index is 0.0290. The second-order valence-electron chi connectivity index (χ2n) is 6.02. The summed E-state index contributed by atoms with van der Waals surface area (Å²) >= 11 is 0.852. The lowest BCUT2D eigenvalue weighted by atomic mass is 10.0. The van der Waals surface area contributed by atoms with Gasteiger partial charge in [-0.1, -0.05) is 37.3 Å². The predicted octanol–water partition coefficient (Wildman–Crippen LogP) is 3.94. The molecule has 3 aromatic rings. The van der Waals surface area contributed by atoms with Crippen LogP contribution in [0.3, 0.4) is 0 Å². The van der Waals surface area contributed by atoms with Crippen molar-refractivity contribution >= 4 is 40.5 Å². The lowest BCUT2D eigenvalue weighted by molar-refractivity contribution is -0.145. The number of thioether (sulfide) groups is 1. The Morgan fingerprint density at radius 3 is 2.67 bits per heavy atom. The smallest absolute Gasteiger partial charge is 0.344 e. The summed E-state index contributed by atoms with van der Waals surface area (Å²) in [6.45, 7) is 3.53. The van der Waals surface area contributed by atoms with Crippen LogP contribution in [0.5, 0.6) is 5.75 Å². The Bertz CT molecular complexity index is 1090. The fraction of sp³-hybridized carbons (Fsp3) is 0.238. The number of nitrogens with zero attached hydrogens (tertiary/aromatic N) is 2. The fourth-order valence-electron chi connectivity index (χ4n) is 2.67. The highest BCUT2D eigenvalue weighted by Gasteiger charge is 2.18. The molecule has 0 radical (unpaired) electrons. The number of rotatable bonds is 9. The van der Waals surface area contributed by atoms with E-state index in [1.807, 2.05) is 37.3 Å². The standard InChI is InChI=1S/C21H20N2O6S/c1-3-18-22-23-21(29-18)30-17(20(25)26)11-15-14-8-6-5-7-13(14)9-10-16(15)28-12-19(24)27-4-2/h5-11H,3-4,12H2,1-2H3,(H,25,26)/b17-11-. The number of carbonyl (C=O) groups is 2. The summed E-state index contributed by atoms with van der Waals surface area (Å²) in [7, 11) is 0. The highest BCUT2D eigenvalue weighted by atomic mass is 32.2. The molecule has 0 amide bonds. The van der Waals surface area contributed by atoms with Gasteiger partial charge in [-0.3, -0.25) is 0 Å². The summed E-state index contributed by atoms with van der Waals surface area (Å²) in [6.07, 6.45) is 2.03. The number of aliphatic carboxylic acids is 1. The fourth-order valence-corrected chi connectivity index (χ4v) is 3.34. The van der Waals surface area contributed by atoms with E-state index in [0.717, 1.165) is 22.5 Å². The molecular formula is C21H20N2O6S. The van der Waals surface area contributed by atoms with E-state index in [1.54, 1.807) is 13.0 Å². The number of aromatic nitrogens is 2. The largest absolute Gasteiger partial charge is 0.481 e. The molecule has 0 bridgehead atoms. The average molecular weight is 428 g/mol. The van der Waals surface area contributed by atoms with E-state index < -0.39 is 11.9 Å². The average Bonchev–Trinajstić information content (AvgIpc) is 3.20. The highest BCUT2D eigenvalue weighted by Crippen LogP contribution is 2.34. The van der Waals surface area contributed by atoms with Crippen LogP contribution < -0.4 is 4.74 Å². The molecule has 156 valence electrons. The van der Waals surface area contributed by atoms with Gasteiger partial charge in [0.2, 0.25) is 5.89 Å². The molecule has 0 aliphatic carbocycles. The molecule has 9 heteroatoms. The van der Waals surface area contributed by atoms with Crippen molar-refractivity contribution in [3.8, 4) is 5.75 Å². The molecule has 0 spiro atoms. The van der Waals surface area contributed by atoms with Gasteiger partial charge in [0.15, 0.2) is 6.61 Å². The number of esters is 1. The number of hydrogen-bond acceptors (Lipinski definition) is 8. The van der Waals surface area contributed by atoms with Crippen LogP contribution in [0, 0.1) is 0 Å². The molecule has 0 saturated carbocycles. The minimum Gasteiger partial charge on any atom is -0.481 e. The number of benzene rings is 2. The molecule has 1 heterocycles. The first-order valence-corrected chi connectivity index (χ1v) is 10.1. The Balaban J connectivity index is 2.02. The number of carboxylic acids is 1. The van der Waals surface area contributed by atoms with E-state index in [2.05, 4.69) is 10.2 Å². The highest BCUT2D eigenvalue weighted by molar-refractivity contribution is 8.03. The first-order valence-electron chi connectivity index (χ1n) is 9.27. The van der Waals surface area contributed by atoms with Gasteiger partial charge in [-0.2, -0.15) is 0 Å². The molecule has 1 aromatic heterocycles. The third-order valence-corrected chi connectivity index (χ3v) is 4.87. The van der Waals surface area contributed by atoms with Crippen molar-refractivity contribution in [1.82, 2.24) is 10.2 Å². The molecule has 30 heavy (non-hydrogen) atoms. The Hall–Kier alpha value is -3.33. The van der Waals surface area contributed by atoms with Crippen molar-refractivity contribution in [3.63, 3.8) is 0 Å². The first-order chi connectivity index (χ1) is 14.5. The maximum atomic E-state index is 11.9. The van der Waals surface area contributed by atoms with Crippen molar-refractivity contribution < 1.29 is 28.6 Å². The van der Waals surface area contributed by atoms with Crippen LogP contribution in [0.1, 0.15) is 25.3 Å². The van der Waals surface area contributed by atoms with Gasteiger partial charge in [0.1, 0.15) is 10.7 Å². The Morgan fingerprint density at radius 1 is 1.17 bits per heavy atom. The summed E-state index contributed by atoms with van der Waals surface area (Å²) in [4.78, 5) is 23.6. The third kappa shape index (κ3) is 5.18. The topological polar surface area (TPSA) is 112 Å². The summed E-state index contributed by atoms with van der Waals surface area (Å²) in [5.74, 6) is -0.876. The Kier molecular flexibility index (Phi) is 7.08. The SMILES string of the molecule is CCOC(=O)COc1ccc2ccccc2c1/C=C(\Sc1nnc(CC)o1)C(=O)O. The van der Waals surface area contributed by atoms with Gasteiger partial charge >= 0.3 is 11.9 Å². The zero-order valence-corrected chi connectivity index (χ0v) is 17.3. The van der Waals surface area contributed by atoms with Gasteiger partial charge in [-0.05, 0) is 41.6 Å². The van der Waals surface area contributed by atoms with Crippen molar-refractivity contribution in [1.29, 1.82) is 0 Å². The second-order valence-corrected chi connectivity index (χ2v) is 7.02. The van der Waals surface area contributed by atoms with Gasteiger partial charge in [-0.25, -0.2) is 9.59 Å². The number of carbonyl (C=O) groups excluding carboxylic acids is 1. The molecule has 0 unspecified atom stereocenters. The monoisotopic (exact) mass is 428 g/mol. The second kappa shape index (κ2) is 9.93. The maximum absolute atomic E-state index is 11.9. The molecule has 1 N–H and O–H groups in total. The predicted molar refractivity (Wildman–Crippen MR) is 111 cm³/mol. The molecule has 8 nitrogen and oxygen atoms in total. The lowest BCUT2D eigenvalue weighted by Gasteiger charge is -2.12. The first kappa shape index (κ1) is 21.4. The van der Waals surface area contributed by atoms with E-state index >= 15 is 0 Å². The number of hydrogen-bond donors (Lipinski definition) is 1. The molecule has 0 aliphatic heterocycles. The van der Waals surface area contributed by atoms with Gasteiger partial charge < -0.3 is 19.0 Å². The van der Waals surface area contributed by atoms with E-state index in [9.17, 15) is 14.7 Å². The van der Waals surface area contributed by atoms with Crippen LogP contribution in [0.2, 0.25) is 0 Å². The lowest BCUT2D eigenvalue weighted by Crippen LogP contribution is -2.15. The maximum Gasteiger partial charge on any atom is 0.344 e. The summed E-state index contributed by atoms with van der Waals surface area (Å²) < 4.78 is 16.0. The van der Waals surface area contributed by atoms with Crippen molar-refractivity contribution in [2.45, 2.75) is 25.5 Å². The van der Waals surface area contributed by atoms with Crippen LogP contribution in [0.15, 0.2) is 50.9 Å². The normalized spacial score (nSPS) is 11.5. The number of aryl methyl sites for hydroxylation is 1. The Labute approximate surface area is 176 Å². The van der Waals surface area contributed by atoms with Crippen LogP contribution in [-0.2, 0) is 20.7 Å². The van der Waals surface area contributed by atoms with Crippen LogP contribution >= 0.6 is 11.8 Å². The number of carboxylic acid groups (broad SMARTS) is 1. The zero-order chi connectivity index (χ0) is 21.5. The van der Waals surface area contributed by atoms with Crippen LogP contribution in [-0.4, -0.2) is 40.5 Å². The third-order valence-electron chi connectivity index (χ3n) is 4.02. The molecule has 0 saturated heterocycles. The molecule has 0 aliphatic rings. The van der Waals surface area contributed by atoms with E-state index in [-0.39, 0.29) is 23.3 Å². The molecular weight excluding hydrogens is 408 g/mol. The van der Waals surface area contributed by atoms with Crippen molar-refractivity contribution in [3.05, 3.63) is 52.8 Å². The van der Waals surface area contributed by atoms with E-state index in [0.29, 0.717) is 23.6 Å². The van der Waals surface area contributed by atoms with E-state index in [4.69, 9.17) is 13.9 Å². The molecule has 0 fully saturated rings. The van der Waals surface area contributed by atoms with Crippen LogP contribution in [0.4, 0.5) is 0 Å². The van der Waals surface area contributed by atoms with Crippen molar-refractivity contribution in [2.24, 2.45) is 0 Å². The Morgan fingerprint density at radius 2 is 1.97 bits per heavy atom. The van der Waals surface area contributed by atoms with Crippen LogP contribution in [0.25, 0.3) is 16.8 Å². The summed E-state index contributed by atoms with van der Waals surface area (Å²) in [5.41, 5.74) is 0.525. The molecule has 2 aromatic carbocycles. The van der Waals surface area contributed by atoms with Gasteiger partial charge in [0, 0.05) is 12.0 Å².